The molecule has 2 aromatic carbocycles. The third kappa shape index (κ3) is 4.37. The van der Waals surface area contributed by atoms with Crippen molar-refractivity contribution in [3.05, 3.63) is 70.8 Å². The van der Waals surface area contributed by atoms with Crippen LogP contribution >= 0.6 is 46.7 Å². The molecule has 0 bridgehead atoms. The average Bonchev–Trinajstić information content (AvgIpc) is 2.95. The van der Waals surface area contributed by atoms with E-state index in [0.717, 1.165) is 21.8 Å². The van der Waals surface area contributed by atoms with Crippen molar-refractivity contribution in [3.8, 4) is 0 Å². The van der Waals surface area contributed by atoms with Crippen LogP contribution in [-0.2, 0) is 4.79 Å². The van der Waals surface area contributed by atoms with E-state index in [-0.39, 0.29) is 16.4 Å². The Morgan fingerprint density at radius 3 is 2.44 bits per heavy atom. The molecule has 0 saturated heterocycles. The van der Waals surface area contributed by atoms with Crippen molar-refractivity contribution < 1.29 is 4.79 Å². The molecule has 1 heterocycles. The van der Waals surface area contributed by atoms with Crippen LogP contribution in [0, 0.1) is 0 Å². The molecule has 25 heavy (non-hydrogen) atoms. The maximum absolute atomic E-state index is 12.9. The summed E-state index contributed by atoms with van der Waals surface area (Å²) in [6.45, 7) is 0. The maximum Gasteiger partial charge on any atom is 0.183 e. The lowest BCUT2D eigenvalue weighted by Crippen LogP contribution is -2.06. The summed E-state index contributed by atoms with van der Waals surface area (Å²) >= 11 is 14.8. The van der Waals surface area contributed by atoms with Crippen LogP contribution < -0.4 is 5.73 Å². The SMILES string of the molecule is NC1=C(c2ccc(SCC(Cl)CCl)cc2)C(=O)C(c2ccccc2)S1. The van der Waals surface area contributed by atoms with E-state index in [1.165, 1.54) is 11.8 Å². The first-order valence-electron chi connectivity index (χ1n) is 7.79. The second kappa shape index (κ2) is 8.54. The predicted molar refractivity (Wildman–Crippen MR) is 110 cm³/mol. The number of thioether (sulfide) groups is 2. The number of carbonyl (C=O) groups is 1. The van der Waals surface area contributed by atoms with E-state index in [2.05, 4.69) is 0 Å². The molecule has 0 aliphatic carbocycles. The number of alkyl halides is 2. The van der Waals surface area contributed by atoms with Gasteiger partial charge < -0.3 is 5.73 Å². The highest BCUT2D eigenvalue weighted by molar-refractivity contribution is 8.04. The lowest BCUT2D eigenvalue weighted by molar-refractivity contribution is -0.113. The zero-order valence-corrected chi connectivity index (χ0v) is 16.5. The fourth-order valence-corrected chi connectivity index (χ4v) is 4.93. The molecular weight excluding hydrogens is 393 g/mol. The third-order valence-corrected chi connectivity index (χ3v) is 7.20. The van der Waals surface area contributed by atoms with Gasteiger partial charge in [-0.15, -0.1) is 35.0 Å². The minimum atomic E-state index is -0.258. The average molecular weight is 410 g/mol. The molecule has 0 fully saturated rings. The highest BCUT2D eigenvalue weighted by Gasteiger charge is 2.34. The monoisotopic (exact) mass is 409 g/mol. The largest absolute Gasteiger partial charge is 0.393 e. The highest BCUT2D eigenvalue weighted by Crippen LogP contribution is 2.46. The number of hydrogen-bond donors (Lipinski definition) is 1. The minimum Gasteiger partial charge on any atom is -0.393 e. The molecule has 0 aromatic heterocycles. The summed E-state index contributed by atoms with van der Waals surface area (Å²) in [5.41, 5.74) is 8.63. The standard InChI is InChI=1S/C19H17Cl2NOS2/c20-10-14(21)11-24-15-8-6-12(7-9-15)16-17(23)18(25-19(16)22)13-4-2-1-3-5-13/h1-9,14,18H,10-11,22H2. The zero-order chi connectivity index (χ0) is 17.8. The van der Waals surface area contributed by atoms with Crippen LogP contribution in [0.3, 0.4) is 0 Å². The normalized spacial score (nSPS) is 18.6. The van der Waals surface area contributed by atoms with Gasteiger partial charge >= 0.3 is 0 Å². The number of halogens is 2. The number of benzene rings is 2. The van der Waals surface area contributed by atoms with Gasteiger partial charge in [0.25, 0.3) is 0 Å². The second-order valence-electron chi connectivity index (χ2n) is 5.60. The van der Waals surface area contributed by atoms with Gasteiger partial charge in [-0.1, -0.05) is 54.2 Å². The summed E-state index contributed by atoms with van der Waals surface area (Å²) in [6, 6.07) is 17.6. The number of nitrogens with two attached hydrogens (primary N) is 1. The molecule has 0 amide bonds. The molecule has 6 heteroatoms. The molecule has 2 unspecified atom stereocenters. The molecule has 2 aromatic rings. The molecule has 1 aliphatic heterocycles. The van der Waals surface area contributed by atoms with E-state index in [9.17, 15) is 4.79 Å². The minimum absolute atomic E-state index is 0.0517. The van der Waals surface area contributed by atoms with E-state index in [0.29, 0.717) is 16.5 Å². The van der Waals surface area contributed by atoms with Crippen LogP contribution in [0.25, 0.3) is 5.57 Å². The zero-order valence-electron chi connectivity index (χ0n) is 13.3. The number of hydrogen-bond acceptors (Lipinski definition) is 4. The summed E-state index contributed by atoms with van der Waals surface area (Å²) in [6.07, 6.45) is 0. The molecule has 2 N–H and O–H groups in total. The Kier molecular flexibility index (Phi) is 6.39. The first-order chi connectivity index (χ1) is 12.1. The fourth-order valence-electron chi connectivity index (χ4n) is 2.57. The van der Waals surface area contributed by atoms with Crippen molar-refractivity contribution in [2.75, 3.05) is 11.6 Å². The quantitative estimate of drug-likeness (QED) is 0.518. The lowest BCUT2D eigenvalue weighted by atomic mass is 9.98. The van der Waals surface area contributed by atoms with Crippen molar-refractivity contribution in [3.63, 3.8) is 0 Å². The van der Waals surface area contributed by atoms with E-state index in [1.807, 2.05) is 54.6 Å². The van der Waals surface area contributed by atoms with Crippen LogP contribution in [0.15, 0.2) is 64.5 Å². The molecule has 2 nitrogen and oxygen atoms in total. The Balaban J connectivity index is 1.75. The number of rotatable bonds is 6. The second-order valence-corrected chi connectivity index (χ2v) is 8.77. The summed E-state index contributed by atoms with van der Waals surface area (Å²) in [5.74, 6) is 1.25. The van der Waals surface area contributed by atoms with Crippen LogP contribution in [-0.4, -0.2) is 22.8 Å². The van der Waals surface area contributed by atoms with Crippen molar-refractivity contribution in [2.24, 2.45) is 5.73 Å². The van der Waals surface area contributed by atoms with E-state index in [4.69, 9.17) is 28.9 Å². The molecule has 130 valence electrons. The van der Waals surface area contributed by atoms with Gasteiger partial charge in [0.05, 0.1) is 21.2 Å². The topological polar surface area (TPSA) is 43.1 Å². The van der Waals surface area contributed by atoms with Crippen LogP contribution in [0.2, 0.25) is 0 Å². The van der Waals surface area contributed by atoms with Crippen molar-refractivity contribution in [1.82, 2.24) is 0 Å². The van der Waals surface area contributed by atoms with Crippen molar-refractivity contribution in [2.45, 2.75) is 15.5 Å². The third-order valence-electron chi connectivity index (χ3n) is 3.82. The number of carbonyl (C=O) groups excluding carboxylic acids is 1. The Morgan fingerprint density at radius 1 is 1.12 bits per heavy atom. The summed E-state index contributed by atoms with van der Waals surface area (Å²) in [7, 11) is 0. The van der Waals surface area contributed by atoms with E-state index >= 15 is 0 Å². The van der Waals surface area contributed by atoms with Gasteiger partial charge in [0.1, 0.15) is 0 Å². The molecule has 2 atom stereocenters. The first-order valence-corrected chi connectivity index (χ1v) is 10.6. The number of Topliss-reactive ketones (excluding diaryl/α,β-unsaturated/α-hetero) is 1. The molecular formula is C19H17Cl2NOS2. The van der Waals surface area contributed by atoms with Crippen LogP contribution in [0.1, 0.15) is 16.4 Å². The number of ketones is 1. The van der Waals surface area contributed by atoms with Gasteiger partial charge in [-0.25, -0.2) is 0 Å². The van der Waals surface area contributed by atoms with Gasteiger partial charge in [0, 0.05) is 16.5 Å². The van der Waals surface area contributed by atoms with Gasteiger partial charge in [-0.05, 0) is 23.3 Å². The van der Waals surface area contributed by atoms with Crippen molar-refractivity contribution in [1.29, 1.82) is 0 Å². The summed E-state index contributed by atoms with van der Waals surface area (Å²) in [5, 5.41) is 0.275. The van der Waals surface area contributed by atoms with E-state index < -0.39 is 0 Å². The Labute approximate surface area is 166 Å². The number of allylic oxidation sites excluding steroid dienone is 1. The summed E-state index contributed by atoms with van der Waals surface area (Å²) < 4.78 is 0. The molecule has 3 rings (SSSR count). The molecule has 0 saturated carbocycles. The predicted octanol–water partition coefficient (Wildman–Crippen LogP) is 5.31. The Morgan fingerprint density at radius 2 is 1.80 bits per heavy atom. The van der Waals surface area contributed by atoms with Gasteiger partial charge in [-0.2, -0.15) is 0 Å². The fraction of sp³-hybridized carbons (Fsp3) is 0.211. The van der Waals surface area contributed by atoms with Gasteiger partial charge in [0.15, 0.2) is 5.78 Å². The van der Waals surface area contributed by atoms with Gasteiger partial charge in [0.2, 0.25) is 0 Å². The van der Waals surface area contributed by atoms with Crippen molar-refractivity contribution >= 4 is 58.1 Å². The Bertz CT molecular complexity index is 778. The molecule has 0 spiro atoms. The Hall–Kier alpha value is -1.07. The molecule has 1 aliphatic rings. The highest BCUT2D eigenvalue weighted by atomic mass is 35.5. The maximum atomic E-state index is 12.9. The van der Waals surface area contributed by atoms with E-state index in [1.54, 1.807) is 11.8 Å². The van der Waals surface area contributed by atoms with Crippen LogP contribution in [0.4, 0.5) is 0 Å². The smallest absolute Gasteiger partial charge is 0.183 e. The summed E-state index contributed by atoms with van der Waals surface area (Å²) in [4.78, 5) is 14.0. The van der Waals surface area contributed by atoms with Crippen LogP contribution in [0.5, 0.6) is 0 Å². The first kappa shape index (κ1) is 18.7. The van der Waals surface area contributed by atoms with Gasteiger partial charge in [-0.3, -0.25) is 4.79 Å². The molecule has 0 radical (unpaired) electrons. The lowest BCUT2D eigenvalue weighted by Gasteiger charge is -2.09.